The largest absolute Gasteiger partial charge is 0.264 e. The molecule has 1 aromatic carbocycles. The summed E-state index contributed by atoms with van der Waals surface area (Å²) in [5, 5.41) is 10.1. The number of fused-ring (bicyclic) bond motifs is 1. The van der Waals surface area contributed by atoms with E-state index in [1.165, 1.54) is 0 Å². The van der Waals surface area contributed by atoms with Gasteiger partial charge in [0.25, 0.3) is 0 Å². The molecule has 2 aromatic rings. The van der Waals surface area contributed by atoms with E-state index in [2.05, 4.69) is 4.98 Å². The molecule has 0 aliphatic carbocycles. The van der Waals surface area contributed by atoms with Crippen molar-refractivity contribution in [1.29, 1.82) is 5.26 Å². The summed E-state index contributed by atoms with van der Waals surface area (Å²) in [5.74, 6) is 0. The Bertz CT molecular complexity index is 497. The van der Waals surface area contributed by atoms with Crippen LogP contribution >= 0.6 is 11.6 Å². The summed E-state index contributed by atoms with van der Waals surface area (Å²) in [7, 11) is 0. The molecule has 1 aromatic heterocycles. The van der Waals surface area contributed by atoms with Gasteiger partial charge in [-0.25, -0.2) is 0 Å². The van der Waals surface area contributed by atoms with E-state index in [1.54, 1.807) is 12.4 Å². The van der Waals surface area contributed by atoms with Crippen LogP contribution in [0, 0.1) is 11.3 Å². The van der Waals surface area contributed by atoms with E-state index in [-0.39, 0.29) is 0 Å². The first-order valence-electron chi connectivity index (χ1n) is 4.19. The second kappa shape index (κ2) is 3.65. The van der Waals surface area contributed by atoms with Crippen molar-refractivity contribution < 1.29 is 0 Å². The van der Waals surface area contributed by atoms with Gasteiger partial charge in [-0.05, 0) is 5.39 Å². The van der Waals surface area contributed by atoms with E-state index in [0.29, 0.717) is 0 Å². The van der Waals surface area contributed by atoms with Crippen molar-refractivity contribution in [3.05, 3.63) is 42.2 Å². The quantitative estimate of drug-likeness (QED) is 0.667. The molecular weight excluding hydrogens is 196 g/mol. The zero-order valence-corrected chi connectivity index (χ0v) is 8.07. The maximum atomic E-state index is 8.74. The van der Waals surface area contributed by atoms with Crippen LogP contribution in [-0.4, -0.2) is 4.98 Å². The van der Waals surface area contributed by atoms with Crippen LogP contribution in [0.3, 0.4) is 0 Å². The molecule has 14 heavy (non-hydrogen) atoms. The van der Waals surface area contributed by atoms with Crippen LogP contribution in [0.1, 0.15) is 10.9 Å². The number of alkyl halides is 1. The minimum absolute atomic E-state index is 0.631. The zero-order chi connectivity index (χ0) is 9.97. The van der Waals surface area contributed by atoms with Crippen LogP contribution in [0.15, 0.2) is 36.7 Å². The molecule has 1 atom stereocenters. The molecule has 2 rings (SSSR count). The van der Waals surface area contributed by atoms with E-state index in [0.717, 1.165) is 16.3 Å². The average molecular weight is 203 g/mol. The van der Waals surface area contributed by atoms with Gasteiger partial charge in [-0.15, -0.1) is 11.6 Å². The van der Waals surface area contributed by atoms with Crippen molar-refractivity contribution in [3.8, 4) is 6.07 Å². The van der Waals surface area contributed by atoms with E-state index < -0.39 is 5.38 Å². The zero-order valence-electron chi connectivity index (χ0n) is 7.31. The lowest BCUT2D eigenvalue weighted by molar-refractivity contribution is 1.19. The Morgan fingerprint density at radius 1 is 1.29 bits per heavy atom. The summed E-state index contributed by atoms with van der Waals surface area (Å²) in [5.41, 5.74) is 0.771. The van der Waals surface area contributed by atoms with Crippen LogP contribution in [-0.2, 0) is 0 Å². The van der Waals surface area contributed by atoms with E-state index in [9.17, 15) is 0 Å². The third-order valence-electron chi connectivity index (χ3n) is 2.09. The molecule has 2 nitrogen and oxygen atoms in total. The third kappa shape index (κ3) is 1.43. The van der Waals surface area contributed by atoms with Gasteiger partial charge in [-0.1, -0.05) is 24.3 Å². The van der Waals surface area contributed by atoms with Gasteiger partial charge in [0.2, 0.25) is 0 Å². The Morgan fingerprint density at radius 3 is 2.86 bits per heavy atom. The van der Waals surface area contributed by atoms with Crippen molar-refractivity contribution in [2.75, 3.05) is 0 Å². The SMILES string of the molecule is N#CC(Cl)c1cncc2ccccc12. The summed E-state index contributed by atoms with van der Waals surface area (Å²) in [6, 6.07) is 9.75. The number of hydrogen-bond donors (Lipinski definition) is 0. The van der Waals surface area contributed by atoms with Gasteiger partial charge >= 0.3 is 0 Å². The van der Waals surface area contributed by atoms with Crippen LogP contribution in [0.2, 0.25) is 0 Å². The van der Waals surface area contributed by atoms with Crippen LogP contribution in [0.5, 0.6) is 0 Å². The molecule has 1 unspecified atom stereocenters. The molecule has 0 saturated carbocycles. The maximum Gasteiger partial charge on any atom is 0.147 e. The summed E-state index contributed by atoms with van der Waals surface area (Å²) in [6.45, 7) is 0. The first-order chi connectivity index (χ1) is 6.83. The number of halogens is 1. The van der Waals surface area contributed by atoms with Crippen molar-refractivity contribution in [2.24, 2.45) is 0 Å². The Hall–Kier alpha value is -1.59. The summed E-state index contributed by atoms with van der Waals surface area (Å²) >= 11 is 5.87. The fourth-order valence-electron chi connectivity index (χ4n) is 1.41. The number of hydrogen-bond acceptors (Lipinski definition) is 2. The molecule has 0 radical (unpaired) electrons. The lowest BCUT2D eigenvalue weighted by Gasteiger charge is -2.04. The molecule has 0 fully saturated rings. The van der Waals surface area contributed by atoms with E-state index >= 15 is 0 Å². The Morgan fingerprint density at radius 2 is 2.07 bits per heavy atom. The van der Waals surface area contributed by atoms with Gasteiger partial charge < -0.3 is 0 Å². The minimum Gasteiger partial charge on any atom is -0.264 e. The second-order valence-electron chi connectivity index (χ2n) is 2.94. The highest BCUT2D eigenvalue weighted by molar-refractivity contribution is 6.23. The average Bonchev–Trinajstić information content (AvgIpc) is 2.27. The molecular formula is C11H7ClN2. The van der Waals surface area contributed by atoms with Crippen LogP contribution in [0.25, 0.3) is 10.8 Å². The smallest absolute Gasteiger partial charge is 0.147 e. The van der Waals surface area contributed by atoms with Gasteiger partial charge in [0.05, 0.1) is 6.07 Å². The van der Waals surface area contributed by atoms with Gasteiger partial charge in [-0.3, -0.25) is 4.98 Å². The predicted molar refractivity (Wildman–Crippen MR) is 56.0 cm³/mol. The van der Waals surface area contributed by atoms with Crippen molar-refractivity contribution in [3.63, 3.8) is 0 Å². The molecule has 0 aliphatic rings. The van der Waals surface area contributed by atoms with Crippen molar-refractivity contribution in [1.82, 2.24) is 4.98 Å². The number of nitriles is 1. The fraction of sp³-hybridized carbons (Fsp3) is 0.0909. The van der Waals surface area contributed by atoms with Gasteiger partial charge in [0.15, 0.2) is 0 Å². The molecule has 0 amide bonds. The first kappa shape index (κ1) is 8.98. The minimum atomic E-state index is -0.631. The van der Waals surface area contributed by atoms with E-state index in [4.69, 9.17) is 16.9 Å². The highest BCUT2D eigenvalue weighted by Gasteiger charge is 2.09. The number of pyridine rings is 1. The topological polar surface area (TPSA) is 36.7 Å². The second-order valence-corrected chi connectivity index (χ2v) is 3.38. The maximum absolute atomic E-state index is 8.74. The summed E-state index contributed by atoms with van der Waals surface area (Å²) < 4.78 is 0. The van der Waals surface area contributed by atoms with Crippen LogP contribution in [0.4, 0.5) is 0 Å². The summed E-state index contributed by atoms with van der Waals surface area (Å²) in [4.78, 5) is 4.05. The number of benzene rings is 1. The Balaban J connectivity index is 2.72. The Kier molecular flexibility index (Phi) is 2.34. The third-order valence-corrected chi connectivity index (χ3v) is 2.42. The lowest BCUT2D eigenvalue weighted by atomic mass is 10.1. The molecule has 1 heterocycles. The predicted octanol–water partition coefficient (Wildman–Crippen LogP) is 3.04. The molecule has 0 saturated heterocycles. The molecule has 0 spiro atoms. The van der Waals surface area contributed by atoms with Gasteiger partial charge in [0.1, 0.15) is 5.38 Å². The molecule has 0 bridgehead atoms. The van der Waals surface area contributed by atoms with Gasteiger partial charge in [-0.2, -0.15) is 5.26 Å². The highest BCUT2D eigenvalue weighted by atomic mass is 35.5. The molecule has 3 heteroatoms. The first-order valence-corrected chi connectivity index (χ1v) is 4.63. The number of rotatable bonds is 1. The van der Waals surface area contributed by atoms with Crippen molar-refractivity contribution in [2.45, 2.75) is 5.38 Å². The number of aromatic nitrogens is 1. The standard InChI is InChI=1S/C11H7ClN2/c12-11(5-13)10-7-14-6-8-3-1-2-4-9(8)10/h1-4,6-7,11H. The molecule has 68 valence electrons. The highest BCUT2D eigenvalue weighted by Crippen LogP contribution is 2.26. The monoisotopic (exact) mass is 202 g/mol. The van der Waals surface area contributed by atoms with Gasteiger partial charge in [0, 0.05) is 23.3 Å². The normalized spacial score (nSPS) is 12.3. The molecule has 0 N–H and O–H groups in total. The van der Waals surface area contributed by atoms with Crippen molar-refractivity contribution >= 4 is 22.4 Å². The number of nitrogens with zero attached hydrogens (tertiary/aromatic N) is 2. The lowest BCUT2D eigenvalue weighted by Crippen LogP contribution is -1.90. The summed E-state index contributed by atoms with van der Waals surface area (Å²) in [6.07, 6.45) is 3.41. The van der Waals surface area contributed by atoms with Crippen LogP contribution < -0.4 is 0 Å². The fourth-order valence-corrected chi connectivity index (χ4v) is 1.59. The Labute approximate surface area is 86.8 Å². The molecule has 0 aliphatic heterocycles. The van der Waals surface area contributed by atoms with E-state index in [1.807, 2.05) is 30.3 Å².